The topological polar surface area (TPSA) is 32.3 Å². The van der Waals surface area contributed by atoms with Crippen LogP contribution in [0.1, 0.15) is 84.5 Å². The molecule has 2 aliphatic rings. The second kappa shape index (κ2) is 8.33. The van der Waals surface area contributed by atoms with Crippen LogP contribution in [0.5, 0.6) is 0 Å². The Kier molecular flexibility index (Phi) is 6.75. The quantitative estimate of drug-likeness (QED) is 0.555. The van der Waals surface area contributed by atoms with E-state index in [1.54, 1.807) is 0 Å². The Bertz CT molecular complexity index is 324. The molecule has 0 amide bonds. The molecule has 1 saturated heterocycles. The van der Waals surface area contributed by atoms with Crippen LogP contribution >= 0.6 is 0 Å². The number of unbranched alkanes of at least 4 members (excludes halogenated alkanes) is 2. The van der Waals surface area contributed by atoms with Crippen LogP contribution in [0.2, 0.25) is 0 Å². The van der Waals surface area contributed by atoms with Gasteiger partial charge in [0.15, 0.2) is 0 Å². The fourth-order valence-corrected chi connectivity index (χ4v) is 4.47. The summed E-state index contributed by atoms with van der Waals surface area (Å²) in [6.45, 7) is 4.46. The number of piperidine rings is 1. The Morgan fingerprint density at radius 1 is 1.14 bits per heavy atom. The number of aliphatic hydroxyl groups excluding tert-OH is 1. The van der Waals surface area contributed by atoms with E-state index in [4.69, 9.17) is 0 Å². The second-order valence-electron chi connectivity index (χ2n) is 7.21. The van der Waals surface area contributed by atoms with Gasteiger partial charge in [-0.05, 0) is 44.9 Å². The highest BCUT2D eigenvalue weighted by Crippen LogP contribution is 2.42. The van der Waals surface area contributed by atoms with Gasteiger partial charge in [-0.15, -0.1) is 0 Å². The van der Waals surface area contributed by atoms with E-state index >= 15 is 0 Å². The first-order valence-electron chi connectivity index (χ1n) is 9.34. The van der Waals surface area contributed by atoms with Gasteiger partial charge in [0.25, 0.3) is 0 Å². The highest BCUT2D eigenvalue weighted by atomic mass is 16.3. The minimum absolute atomic E-state index is 0.150. The van der Waals surface area contributed by atoms with Crippen LogP contribution in [0.3, 0.4) is 0 Å². The lowest BCUT2D eigenvalue weighted by molar-refractivity contribution is 0.00257. The van der Waals surface area contributed by atoms with E-state index in [2.05, 4.69) is 31.3 Å². The van der Waals surface area contributed by atoms with E-state index in [-0.39, 0.29) is 11.6 Å². The number of hydrogen-bond donors (Lipinski definition) is 2. The summed E-state index contributed by atoms with van der Waals surface area (Å²) in [5.41, 5.74) is 0.179. The Balaban J connectivity index is 2.03. The lowest BCUT2D eigenvalue weighted by atomic mass is 9.66. The average molecular weight is 293 g/mol. The molecule has 1 aliphatic heterocycles. The molecule has 1 aliphatic carbocycles. The van der Waals surface area contributed by atoms with Gasteiger partial charge in [0.05, 0.1) is 6.10 Å². The normalized spacial score (nSPS) is 37.4. The molecule has 2 nitrogen and oxygen atoms in total. The molecule has 0 radical (unpaired) electrons. The highest BCUT2D eigenvalue weighted by molar-refractivity contribution is 5.11. The molecule has 21 heavy (non-hydrogen) atoms. The molecule has 0 aromatic carbocycles. The molecule has 4 unspecified atom stereocenters. The lowest BCUT2D eigenvalue weighted by Gasteiger charge is -2.51. The molecule has 1 spiro atoms. The van der Waals surface area contributed by atoms with Gasteiger partial charge in [-0.3, -0.25) is 0 Å². The van der Waals surface area contributed by atoms with Gasteiger partial charge < -0.3 is 10.4 Å². The molecule has 122 valence electrons. The van der Waals surface area contributed by atoms with Crippen molar-refractivity contribution in [3.8, 4) is 0 Å². The van der Waals surface area contributed by atoms with Crippen LogP contribution < -0.4 is 5.32 Å². The molecule has 4 atom stereocenters. The molecule has 1 heterocycles. The van der Waals surface area contributed by atoms with Crippen molar-refractivity contribution < 1.29 is 5.11 Å². The molecule has 0 bridgehead atoms. The first-order chi connectivity index (χ1) is 10.2. The second-order valence-corrected chi connectivity index (χ2v) is 7.21. The third kappa shape index (κ3) is 4.32. The summed E-state index contributed by atoms with van der Waals surface area (Å²) in [6.07, 6.45) is 18.1. The number of aliphatic hydroxyl groups is 1. The summed E-state index contributed by atoms with van der Waals surface area (Å²) in [6, 6.07) is 0.674. The predicted molar refractivity (Wildman–Crippen MR) is 90.4 cm³/mol. The van der Waals surface area contributed by atoms with Crippen LogP contribution in [0.15, 0.2) is 12.2 Å². The molecule has 2 heteroatoms. The fourth-order valence-electron chi connectivity index (χ4n) is 4.47. The number of rotatable bonds is 6. The zero-order valence-corrected chi connectivity index (χ0v) is 14.1. The van der Waals surface area contributed by atoms with E-state index in [0.29, 0.717) is 12.0 Å². The van der Waals surface area contributed by atoms with Crippen molar-refractivity contribution in [2.45, 2.75) is 102 Å². The number of allylic oxidation sites excluding steroid dienone is 1. The van der Waals surface area contributed by atoms with E-state index in [1.165, 1.54) is 57.8 Å². The zero-order valence-electron chi connectivity index (χ0n) is 14.1. The summed E-state index contributed by atoms with van der Waals surface area (Å²) in [7, 11) is 0. The molecule has 2 N–H and O–H groups in total. The fraction of sp³-hybridized carbons (Fsp3) is 0.895. The smallest absolute Gasteiger partial charge is 0.0620 e. The maximum Gasteiger partial charge on any atom is 0.0620 e. The number of nitrogens with one attached hydrogen (secondary N) is 1. The van der Waals surface area contributed by atoms with Gasteiger partial charge in [0.1, 0.15) is 0 Å². The average Bonchev–Trinajstić information content (AvgIpc) is 2.47. The van der Waals surface area contributed by atoms with E-state index in [0.717, 1.165) is 12.8 Å². The molecule has 2 fully saturated rings. The Morgan fingerprint density at radius 3 is 2.62 bits per heavy atom. The molecule has 2 rings (SSSR count). The predicted octanol–water partition coefficient (Wildman–Crippen LogP) is 4.57. The third-order valence-corrected chi connectivity index (χ3v) is 5.58. The summed E-state index contributed by atoms with van der Waals surface area (Å²) in [5, 5.41) is 14.5. The molecular formula is C19H35NO. The van der Waals surface area contributed by atoms with Gasteiger partial charge in [0, 0.05) is 17.5 Å². The maximum absolute atomic E-state index is 10.5. The van der Waals surface area contributed by atoms with Crippen LogP contribution in [0.4, 0.5) is 0 Å². The Labute approximate surface area is 131 Å². The first kappa shape index (κ1) is 17.0. The molecular weight excluding hydrogens is 258 g/mol. The highest BCUT2D eigenvalue weighted by Gasteiger charge is 2.45. The molecule has 0 aromatic rings. The van der Waals surface area contributed by atoms with Gasteiger partial charge in [-0.2, -0.15) is 0 Å². The third-order valence-electron chi connectivity index (χ3n) is 5.58. The summed E-state index contributed by atoms with van der Waals surface area (Å²) in [4.78, 5) is 0. The van der Waals surface area contributed by atoms with Gasteiger partial charge >= 0.3 is 0 Å². The van der Waals surface area contributed by atoms with E-state index in [1.807, 2.05) is 0 Å². The van der Waals surface area contributed by atoms with E-state index < -0.39 is 0 Å². The lowest BCUT2D eigenvalue weighted by Crippen LogP contribution is -2.61. The molecule has 0 aromatic heterocycles. The van der Waals surface area contributed by atoms with E-state index in [9.17, 15) is 5.11 Å². The van der Waals surface area contributed by atoms with Crippen LogP contribution in [-0.2, 0) is 0 Å². The zero-order chi connectivity index (χ0) is 15.1. The minimum atomic E-state index is -0.150. The minimum Gasteiger partial charge on any atom is -0.392 e. The van der Waals surface area contributed by atoms with Crippen molar-refractivity contribution in [2.24, 2.45) is 5.92 Å². The van der Waals surface area contributed by atoms with Crippen LogP contribution in [-0.4, -0.2) is 22.8 Å². The van der Waals surface area contributed by atoms with Crippen molar-refractivity contribution in [2.75, 3.05) is 0 Å². The van der Waals surface area contributed by atoms with Crippen molar-refractivity contribution in [1.82, 2.24) is 5.32 Å². The Morgan fingerprint density at radius 2 is 1.90 bits per heavy atom. The summed E-state index contributed by atoms with van der Waals surface area (Å²) >= 11 is 0. The maximum atomic E-state index is 10.5. The van der Waals surface area contributed by atoms with Gasteiger partial charge in [-0.1, -0.05) is 51.7 Å². The largest absolute Gasteiger partial charge is 0.392 e. The van der Waals surface area contributed by atoms with Crippen molar-refractivity contribution >= 4 is 0 Å². The van der Waals surface area contributed by atoms with Crippen LogP contribution in [0, 0.1) is 5.92 Å². The van der Waals surface area contributed by atoms with Crippen molar-refractivity contribution in [1.29, 1.82) is 0 Å². The number of hydrogen-bond acceptors (Lipinski definition) is 2. The SMILES string of the molecule is CC/C=C\C1C(O)CCCC12CCCC(CCCCC)N2. The standard InChI is InChI=1S/C19H35NO/c1-3-5-7-10-16-11-8-14-19(20-16)15-9-13-18(21)17(19)12-6-4-2/h6,12,16-18,20-21H,3-5,7-11,13-15H2,1-2H3/b12-6-. The Hall–Kier alpha value is -0.340. The van der Waals surface area contributed by atoms with Crippen molar-refractivity contribution in [3.05, 3.63) is 12.2 Å². The monoisotopic (exact) mass is 293 g/mol. The van der Waals surface area contributed by atoms with Crippen LogP contribution in [0.25, 0.3) is 0 Å². The summed E-state index contributed by atoms with van der Waals surface area (Å²) in [5.74, 6) is 0.320. The first-order valence-corrected chi connectivity index (χ1v) is 9.34. The van der Waals surface area contributed by atoms with Gasteiger partial charge in [-0.25, -0.2) is 0 Å². The van der Waals surface area contributed by atoms with Crippen molar-refractivity contribution in [3.63, 3.8) is 0 Å². The van der Waals surface area contributed by atoms with Gasteiger partial charge in [0.2, 0.25) is 0 Å². The molecule has 1 saturated carbocycles. The summed E-state index contributed by atoms with van der Waals surface area (Å²) < 4.78 is 0.